The van der Waals surface area contributed by atoms with Gasteiger partial charge in [-0.25, -0.2) is 4.68 Å². The predicted molar refractivity (Wildman–Crippen MR) is 115 cm³/mol. The molecule has 1 atom stereocenters. The maximum atomic E-state index is 5.97. The molecule has 2 heterocycles. The lowest BCUT2D eigenvalue weighted by Gasteiger charge is -2.23. The number of rotatable bonds is 4. The monoisotopic (exact) mass is 528 g/mol. The van der Waals surface area contributed by atoms with Crippen molar-refractivity contribution in [2.24, 2.45) is 0 Å². The van der Waals surface area contributed by atoms with Gasteiger partial charge in [-0.2, -0.15) is 5.10 Å². The van der Waals surface area contributed by atoms with E-state index in [9.17, 15) is 0 Å². The van der Waals surface area contributed by atoms with E-state index in [1.54, 1.807) is 0 Å². The lowest BCUT2D eigenvalue weighted by Crippen LogP contribution is -2.19. The number of fused-ring (bicyclic) bond motifs is 1. The minimum absolute atomic E-state index is 0.0565. The van der Waals surface area contributed by atoms with Crippen molar-refractivity contribution >= 4 is 61.2 Å². The first-order valence-electron chi connectivity index (χ1n) is 8.38. The van der Waals surface area contributed by atoms with Crippen molar-refractivity contribution in [2.45, 2.75) is 36.1 Å². The van der Waals surface area contributed by atoms with E-state index < -0.39 is 0 Å². The van der Waals surface area contributed by atoms with Crippen LogP contribution in [0.1, 0.15) is 31.1 Å². The number of benzene rings is 2. The van der Waals surface area contributed by atoms with Crippen LogP contribution in [0.4, 0.5) is 0 Å². The third kappa shape index (κ3) is 3.91. The molecule has 3 nitrogen and oxygen atoms in total. The molecule has 1 aliphatic heterocycles. The SMILES string of the molecule is Brc1cc(SCc2ccccc2)c2c(I)nn(C3CCCCO3)c2c1. The van der Waals surface area contributed by atoms with Crippen molar-refractivity contribution < 1.29 is 4.74 Å². The van der Waals surface area contributed by atoms with E-state index in [4.69, 9.17) is 9.84 Å². The molecule has 4 rings (SSSR count). The van der Waals surface area contributed by atoms with Gasteiger partial charge in [-0.1, -0.05) is 46.3 Å². The summed E-state index contributed by atoms with van der Waals surface area (Å²) in [5.41, 5.74) is 2.49. The Kier molecular flexibility index (Phi) is 5.69. The Morgan fingerprint density at radius 1 is 1.24 bits per heavy atom. The summed E-state index contributed by atoms with van der Waals surface area (Å²) in [6, 6.07) is 14.9. The Bertz CT molecular complexity index is 878. The number of thioether (sulfide) groups is 1. The molecular weight excluding hydrogens is 511 g/mol. The number of halogens is 2. The Balaban J connectivity index is 1.70. The van der Waals surface area contributed by atoms with Crippen molar-refractivity contribution in [3.05, 3.63) is 56.2 Å². The Morgan fingerprint density at radius 2 is 2.08 bits per heavy atom. The van der Waals surface area contributed by atoms with Gasteiger partial charge in [-0.3, -0.25) is 0 Å². The van der Waals surface area contributed by atoms with Crippen LogP contribution in [0.15, 0.2) is 51.8 Å². The highest BCUT2D eigenvalue weighted by Gasteiger charge is 2.22. The van der Waals surface area contributed by atoms with Crippen LogP contribution in [0.2, 0.25) is 0 Å². The van der Waals surface area contributed by atoms with E-state index >= 15 is 0 Å². The van der Waals surface area contributed by atoms with Crippen LogP contribution in [0.25, 0.3) is 10.9 Å². The zero-order valence-corrected chi connectivity index (χ0v) is 18.2. The quantitative estimate of drug-likeness (QED) is 0.290. The molecule has 0 N–H and O–H groups in total. The van der Waals surface area contributed by atoms with Gasteiger partial charge in [-0.05, 0) is 59.5 Å². The second-order valence-corrected chi connectivity index (χ2v) is 9.08. The number of ether oxygens (including phenoxy) is 1. The standard InChI is InChI=1S/C19H18BrIN2OS/c20-14-10-15-18(16(11-14)25-12-13-6-2-1-3-7-13)19(21)22-23(15)17-8-4-5-9-24-17/h1-3,6-7,10-11,17H,4-5,8-9,12H2. The van der Waals surface area contributed by atoms with Crippen LogP contribution in [-0.4, -0.2) is 16.4 Å². The molecule has 1 fully saturated rings. The van der Waals surface area contributed by atoms with Crippen molar-refractivity contribution in [3.8, 4) is 0 Å². The summed E-state index contributed by atoms with van der Waals surface area (Å²) in [6.45, 7) is 0.826. The first-order chi connectivity index (χ1) is 12.2. The fourth-order valence-corrected chi connectivity index (χ4v) is 5.79. The van der Waals surface area contributed by atoms with Gasteiger partial charge in [0.25, 0.3) is 0 Å². The van der Waals surface area contributed by atoms with Crippen molar-refractivity contribution in [1.29, 1.82) is 0 Å². The number of aromatic nitrogens is 2. The number of hydrogen-bond donors (Lipinski definition) is 0. The number of hydrogen-bond acceptors (Lipinski definition) is 3. The van der Waals surface area contributed by atoms with Gasteiger partial charge in [0, 0.05) is 27.1 Å². The average molecular weight is 529 g/mol. The van der Waals surface area contributed by atoms with E-state index in [0.717, 1.165) is 38.9 Å². The maximum Gasteiger partial charge on any atom is 0.150 e. The summed E-state index contributed by atoms with van der Waals surface area (Å²) in [7, 11) is 0. The lowest BCUT2D eigenvalue weighted by atomic mass is 10.2. The summed E-state index contributed by atoms with van der Waals surface area (Å²) < 4.78 is 10.2. The summed E-state index contributed by atoms with van der Waals surface area (Å²) in [5, 5.41) is 6.05. The first-order valence-corrected chi connectivity index (χ1v) is 11.2. The molecule has 0 saturated carbocycles. The zero-order valence-electron chi connectivity index (χ0n) is 13.6. The minimum atomic E-state index is 0.0565. The van der Waals surface area contributed by atoms with Gasteiger partial charge in [0.1, 0.15) is 3.70 Å². The van der Waals surface area contributed by atoms with Crippen LogP contribution in [0.5, 0.6) is 0 Å². The Labute approximate surface area is 173 Å². The molecule has 1 unspecified atom stereocenters. The van der Waals surface area contributed by atoms with Gasteiger partial charge in [0.2, 0.25) is 0 Å². The molecule has 0 amide bonds. The summed E-state index contributed by atoms with van der Waals surface area (Å²) in [5.74, 6) is 0.952. The molecule has 130 valence electrons. The van der Waals surface area contributed by atoms with Gasteiger partial charge >= 0.3 is 0 Å². The molecule has 3 aromatic rings. The molecule has 0 aliphatic carbocycles. The Morgan fingerprint density at radius 3 is 2.84 bits per heavy atom. The minimum Gasteiger partial charge on any atom is -0.356 e. The molecule has 1 saturated heterocycles. The van der Waals surface area contributed by atoms with Crippen LogP contribution < -0.4 is 0 Å². The van der Waals surface area contributed by atoms with E-state index in [1.165, 1.54) is 22.3 Å². The summed E-state index contributed by atoms with van der Waals surface area (Å²) in [4.78, 5) is 1.26. The summed E-state index contributed by atoms with van der Waals surface area (Å²) in [6.07, 6.45) is 3.44. The maximum absolute atomic E-state index is 5.97. The third-order valence-electron chi connectivity index (χ3n) is 4.36. The molecule has 25 heavy (non-hydrogen) atoms. The van der Waals surface area contributed by atoms with Gasteiger partial charge in [0.05, 0.1) is 5.52 Å². The highest BCUT2D eigenvalue weighted by atomic mass is 127. The molecule has 1 aliphatic rings. The number of nitrogens with zero attached hydrogens (tertiary/aromatic N) is 2. The molecular formula is C19H18BrIN2OS. The third-order valence-corrected chi connectivity index (χ3v) is 6.68. The second kappa shape index (κ2) is 7.98. The highest BCUT2D eigenvalue weighted by Crippen LogP contribution is 2.38. The normalized spacial score (nSPS) is 17.9. The smallest absolute Gasteiger partial charge is 0.150 e. The highest BCUT2D eigenvalue weighted by molar-refractivity contribution is 14.1. The molecule has 2 aromatic carbocycles. The molecule has 6 heteroatoms. The van der Waals surface area contributed by atoms with Crippen LogP contribution in [-0.2, 0) is 10.5 Å². The second-order valence-electron chi connectivity index (χ2n) is 6.13. The van der Waals surface area contributed by atoms with Gasteiger partial charge < -0.3 is 4.74 Å². The fraction of sp³-hybridized carbons (Fsp3) is 0.316. The topological polar surface area (TPSA) is 27.1 Å². The largest absolute Gasteiger partial charge is 0.356 e. The zero-order chi connectivity index (χ0) is 17.2. The Hall–Kier alpha value is -0.570. The predicted octanol–water partition coefficient (Wildman–Crippen LogP) is 6.39. The van der Waals surface area contributed by atoms with Crippen molar-refractivity contribution in [3.63, 3.8) is 0 Å². The molecule has 0 spiro atoms. The van der Waals surface area contributed by atoms with Crippen LogP contribution in [0.3, 0.4) is 0 Å². The van der Waals surface area contributed by atoms with Crippen molar-refractivity contribution in [1.82, 2.24) is 9.78 Å². The van der Waals surface area contributed by atoms with E-state index in [1.807, 2.05) is 11.8 Å². The molecule has 0 bridgehead atoms. The average Bonchev–Trinajstić information content (AvgIpc) is 2.98. The van der Waals surface area contributed by atoms with Crippen LogP contribution in [0, 0.1) is 3.70 Å². The van der Waals surface area contributed by atoms with Gasteiger partial charge in [-0.15, -0.1) is 11.8 Å². The fourth-order valence-electron chi connectivity index (χ4n) is 3.14. The molecule has 1 aromatic heterocycles. The van der Waals surface area contributed by atoms with Crippen LogP contribution >= 0.6 is 50.3 Å². The lowest BCUT2D eigenvalue weighted by molar-refractivity contribution is -0.0368. The van der Waals surface area contributed by atoms with Crippen molar-refractivity contribution in [2.75, 3.05) is 6.61 Å². The van der Waals surface area contributed by atoms with Gasteiger partial charge in [0.15, 0.2) is 6.23 Å². The molecule has 0 radical (unpaired) electrons. The first kappa shape index (κ1) is 17.8. The van der Waals surface area contributed by atoms with E-state index in [0.29, 0.717) is 0 Å². The summed E-state index contributed by atoms with van der Waals surface area (Å²) >= 11 is 7.89. The van der Waals surface area contributed by atoms with E-state index in [2.05, 4.69) is 85.7 Å². The van der Waals surface area contributed by atoms with E-state index in [-0.39, 0.29) is 6.23 Å².